The van der Waals surface area contributed by atoms with Crippen molar-refractivity contribution in [1.29, 1.82) is 0 Å². The Bertz CT molecular complexity index is 1120. The Morgan fingerprint density at radius 1 is 1.09 bits per heavy atom. The number of pyridine rings is 1. The first-order chi connectivity index (χ1) is 15.5. The first kappa shape index (κ1) is 23.8. The first-order valence-electron chi connectivity index (χ1n) is 11.8. The molecule has 8 heteroatoms. The van der Waals surface area contributed by atoms with Crippen molar-refractivity contribution in [2.75, 3.05) is 23.7 Å². The third-order valence-electron chi connectivity index (χ3n) is 5.62. The molecule has 0 unspecified atom stereocenters. The van der Waals surface area contributed by atoms with Gasteiger partial charge >= 0.3 is 0 Å². The van der Waals surface area contributed by atoms with Crippen molar-refractivity contribution in [3.63, 3.8) is 0 Å². The van der Waals surface area contributed by atoms with Gasteiger partial charge in [-0.1, -0.05) is 20.8 Å². The molecule has 4 rings (SSSR count). The lowest BCUT2D eigenvalue weighted by atomic mass is 9.97. The topological polar surface area (TPSA) is 75.6 Å². The highest BCUT2D eigenvalue weighted by Crippen LogP contribution is 2.44. The van der Waals surface area contributed by atoms with E-state index in [9.17, 15) is 4.39 Å². The van der Waals surface area contributed by atoms with Crippen LogP contribution in [0, 0.1) is 12.3 Å². The SMILES string of the molecule is Cc1nc(NCC(C)(C)C)nc(NCCCC(C)(C)F)c1-c1nc2c(C3CC3)nccc2s1. The summed E-state index contributed by atoms with van der Waals surface area (Å²) in [5, 5.41) is 7.72. The van der Waals surface area contributed by atoms with Crippen LogP contribution >= 0.6 is 11.3 Å². The van der Waals surface area contributed by atoms with Crippen LogP contribution in [0.2, 0.25) is 0 Å². The molecule has 0 spiro atoms. The average molecular weight is 471 g/mol. The summed E-state index contributed by atoms with van der Waals surface area (Å²) in [7, 11) is 0. The molecule has 0 aromatic carbocycles. The molecule has 33 heavy (non-hydrogen) atoms. The second-order valence-corrected chi connectivity index (χ2v) is 11.9. The number of halogens is 1. The van der Waals surface area contributed by atoms with E-state index in [1.54, 1.807) is 25.2 Å². The monoisotopic (exact) mass is 470 g/mol. The van der Waals surface area contributed by atoms with E-state index in [-0.39, 0.29) is 5.41 Å². The molecule has 0 saturated heterocycles. The highest BCUT2D eigenvalue weighted by molar-refractivity contribution is 7.21. The van der Waals surface area contributed by atoms with E-state index in [0.717, 1.165) is 44.5 Å². The largest absolute Gasteiger partial charge is 0.369 e. The molecule has 1 saturated carbocycles. The summed E-state index contributed by atoms with van der Waals surface area (Å²) in [5.41, 5.74) is 2.82. The number of nitrogens with one attached hydrogen (secondary N) is 2. The van der Waals surface area contributed by atoms with Gasteiger partial charge in [-0.25, -0.2) is 14.4 Å². The van der Waals surface area contributed by atoms with Crippen LogP contribution in [0.1, 0.15) is 77.6 Å². The van der Waals surface area contributed by atoms with E-state index in [0.29, 0.717) is 31.3 Å². The van der Waals surface area contributed by atoms with Gasteiger partial charge in [-0.15, -0.1) is 11.3 Å². The summed E-state index contributed by atoms with van der Waals surface area (Å²) in [4.78, 5) is 19.2. The third kappa shape index (κ3) is 6.16. The summed E-state index contributed by atoms with van der Waals surface area (Å²) >= 11 is 1.65. The van der Waals surface area contributed by atoms with E-state index in [4.69, 9.17) is 15.0 Å². The maximum Gasteiger partial charge on any atom is 0.224 e. The van der Waals surface area contributed by atoms with Gasteiger partial charge < -0.3 is 10.6 Å². The number of alkyl halides is 1. The normalized spacial score (nSPS) is 14.6. The Labute approximate surface area is 199 Å². The molecule has 3 aromatic rings. The van der Waals surface area contributed by atoms with Gasteiger partial charge in [-0.3, -0.25) is 4.98 Å². The van der Waals surface area contributed by atoms with Crippen LogP contribution in [0.25, 0.3) is 20.8 Å². The molecular weight excluding hydrogens is 435 g/mol. The fraction of sp³-hybridized carbons (Fsp3) is 0.600. The fourth-order valence-electron chi connectivity index (χ4n) is 3.73. The standard InChI is InChI=1S/C25H35FN6S/c1-15-18(22-31-20-17(33-22)10-13-27-19(20)16-8-9-16)21(28-12-7-11-25(5,6)26)32-23(30-15)29-14-24(2,3)4/h10,13,16H,7-9,11-12,14H2,1-6H3,(H2,28,29,30,32). The maximum atomic E-state index is 13.9. The zero-order valence-electron chi connectivity index (χ0n) is 20.5. The quantitative estimate of drug-likeness (QED) is 0.338. The molecule has 0 radical (unpaired) electrons. The van der Waals surface area contributed by atoms with Crippen molar-refractivity contribution in [2.45, 2.75) is 78.8 Å². The zero-order valence-corrected chi connectivity index (χ0v) is 21.4. The summed E-state index contributed by atoms with van der Waals surface area (Å²) in [6.07, 6.45) is 5.47. The van der Waals surface area contributed by atoms with Crippen molar-refractivity contribution in [3.8, 4) is 10.6 Å². The smallest absolute Gasteiger partial charge is 0.224 e. The Morgan fingerprint density at radius 2 is 1.85 bits per heavy atom. The number of aromatic nitrogens is 4. The van der Waals surface area contributed by atoms with Crippen molar-refractivity contribution < 1.29 is 4.39 Å². The minimum atomic E-state index is -1.18. The average Bonchev–Trinajstić information content (AvgIpc) is 3.46. The second-order valence-electron chi connectivity index (χ2n) is 10.9. The van der Waals surface area contributed by atoms with Crippen LogP contribution in [0.5, 0.6) is 0 Å². The Balaban J connectivity index is 1.68. The molecule has 2 N–H and O–H groups in total. The number of aryl methyl sites for hydroxylation is 1. The number of anilines is 2. The lowest BCUT2D eigenvalue weighted by molar-refractivity contribution is 0.199. The lowest BCUT2D eigenvalue weighted by Gasteiger charge is -2.20. The molecule has 0 atom stereocenters. The van der Waals surface area contributed by atoms with Crippen molar-refractivity contribution in [1.82, 2.24) is 19.9 Å². The van der Waals surface area contributed by atoms with Gasteiger partial charge in [-0.2, -0.15) is 4.98 Å². The van der Waals surface area contributed by atoms with Crippen LogP contribution < -0.4 is 10.6 Å². The van der Waals surface area contributed by atoms with Crippen molar-refractivity contribution in [2.24, 2.45) is 5.41 Å². The van der Waals surface area contributed by atoms with Gasteiger partial charge in [0.1, 0.15) is 22.0 Å². The number of rotatable bonds is 9. The number of hydrogen-bond acceptors (Lipinski definition) is 7. The Morgan fingerprint density at radius 3 is 2.52 bits per heavy atom. The predicted octanol–water partition coefficient (Wildman–Crippen LogP) is 6.73. The van der Waals surface area contributed by atoms with Gasteiger partial charge in [0.25, 0.3) is 0 Å². The molecule has 178 valence electrons. The Kier molecular flexibility index (Phi) is 6.58. The van der Waals surface area contributed by atoms with Gasteiger partial charge in [0.2, 0.25) is 5.95 Å². The predicted molar refractivity (Wildman–Crippen MR) is 136 cm³/mol. The molecule has 1 aliphatic rings. The molecule has 3 heterocycles. The van der Waals surface area contributed by atoms with Gasteiger partial charge in [0.05, 0.1) is 21.7 Å². The highest BCUT2D eigenvalue weighted by atomic mass is 32.1. The summed E-state index contributed by atoms with van der Waals surface area (Å²) in [6, 6.07) is 2.04. The van der Waals surface area contributed by atoms with Crippen LogP contribution in [0.3, 0.4) is 0 Å². The van der Waals surface area contributed by atoms with Crippen molar-refractivity contribution in [3.05, 3.63) is 23.7 Å². The van der Waals surface area contributed by atoms with E-state index in [1.807, 2.05) is 19.2 Å². The van der Waals surface area contributed by atoms with Crippen LogP contribution in [0.15, 0.2) is 12.3 Å². The van der Waals surface area contributed by atoms with E-state index in [1.165, 1.54) is 12.8 Å². The first-order valence-corrected chi connectivity index (χ1v) is 12.6. The summed E-state index contributed by atoms with van der Waals surface area (Å²) in [6.45, 7) is 13.2. The second kappa shape index (κ2) is 9.12. The fourth-order valence-corrected chi connectivity index (χ4v) is 4.80. The zero-order chi connectivity index (χ0) is 23.8. The van der Waals surface area contributed by atoms with Gasteiger partial charge in [0, 0.05) is 25.2 Å². The van der Waals surface area contributed by atoms with E-state index < -0.39 is 5.67 Å². The number of nitrogens with zero attached hydrogens (tertiary/aromatic N) is 4. The van der Waals surface area contributed by atoms with E-state index >= 15 is 0 Å². The number of thiazole rings is 1. The summed E-state index contributed by atoms with van der Waals surface area (Å²) in [5.74, 6) is 1.88. The molecule has 3 aromatic heterocycles. The van der Waals surface area contributed by atoms with Crippen LogP contribution in [-0.2, 0) is 0 Å². The lowest BCUT2D eigenvalue weighted by Crippen LogP contribution is -2.21. The minimum Gasteiger partial charge on any atom is -0.369 e. The third-order valence-corrected chi connectivity index (χ3v) is 6.66. The molecule has 6 nitrogen and oxygen atoms in total. The van der Waals surface area contributed by atoms with Crippen LogP contribution in [-0.4, -0.2) is 38.7 Å². The van der Waals surface area contributed by atoms with Gasteiger partial charge in [0.15, 0.2) is 0 Å². The summed E-state index contributed by atoms with van der Waals surface area (Å²) < 4.78 is 15.1. The van der Waals surface area contributed by atoms with Crippen molar-refractivity contribution >= 4 is 33.3 Å². The highest BCUT2D eigenvalue weighted by Gasteiger charge is 2.29. The molecule has 0 aliphatic heterocycles. The molecule has 1 fully saturated rings. The number of fused-ring (bicyclic) bond motifs is 1. The van der Waals surface area contributed by atoms with Gasteiger partial charge in [-0.05, 0) is 57.9 Å². The molecular formula is C25H35FN6S. The molecule has 0 bridgehead atoms. The minimum absolute atomic E-state index is 0.107. The molecule has 0 amide bonds. The van der Waals surface area contributed by atoms with E-state index in [2.05, 4.69) is 36.4 Å². The maximum absolute atomic E-state index is 13.9. The number of hydrogen-bond donors (Lipinski definition) is 2. The van der Waals surface area contributed by atoms with Crippen LogP contribution in [0.4, 0.5) is 16.2 Å². The Hall–Kier alpha value is -2.35. The molecule has 1 aliphatic carbocycles.